The van der Waals surface area contributed by atoms with Gasteiger partial charge < -0.3 is 9.16 Å². The summed E-state index contributed by atoms with van der Waals surface area (Å²) in [4.78, 5) is 13.4. The third-order valence-corrected chi connectivity index (χ3v) is 11.5. The number of hydrogen-bond donors (Lipinski definition) is 0. The molecule has 0 amide bonds. The van der Waals surface area contributed by atoms with Gasteiger partial charge >= 0.3 is 0 Å². The van der Waals surface area contributed by atoms with E-state index in [0.29, 0.717) is 0 Å². The highest BCUT2D eigenvalue weighted by atomic mass is 79.9. The lowest BCUT2D eigenvalue weighted by atomic mass is 9.64. The van der Waals surface area contributed by atoms with Crippen LogP contribution in [-0.4, -0.2) is 21.2 Å². The number of carbonyl (C=O) groups excluding carboxylic acids is 1. The second-order valence-corrected chi connectivity index (χ2v) is 15.8. The lowest BCUT2D eigenvalue weighted by Gasteiger charge is -2.41. The summed E-state index contributed by atoms with van der Waals surface area (Å²) < 4.78 is 13.1. The van der Waals surface area contributed by atoms with Crippen LogP contribution in [0, 0.1) is 5.41 Å². The van der Waals surface area contributed by atoms with Crippen molar-refractivity contribution in [2.24, 2.45) is 5.41 Å². The molecule has 28 heavy (non-hydrogen) atoms. The summed E-state index contributed by atoms with van der Waals surface area (Å²) in [7, 11) is -0.421. The van der Waals surface area contributed by atoms with E-state index in [1.807, 2.05) is 19.1 Å². The Kier molecular flexibility index (Phi) is 6.33. The van der Waals surface area contributed by atoms with Crippen molar-refractivity contribution in [2.75, 3.05) is 7.11 Å². The van der Waals surface area contributed by atoms with Gasteiger partial charge in [0.1, 0.15) is 11.5 Å². The van der Waals surface area contributed by atoms with E-state index in [-0.39, 0.29) is 22.2 Å². The van der Waals surface area contributed by atoms with Gasteiger partial charge in [-0.15, -0.1) is 0 Å². The highest BCUT2D eigenvalue weighted by molar-refractivity contribution is 9.10. The van der Waals surface area contributed by atoms with E-state index in [2.05, 4.69) is 70.6 Å². The van der Waals surface area contributed by atoms with Crippen molar-refractivity contribution in [3.8, 4) is 11.5 Å². The molecule has 1 unspecified atom stereocenters. The van der Waals surface area contributed by atoms with Crippen LogP contribution in [0.15, 0.2) is 27.8 Å². The molecule has 2 rings (SSSR count). The summed E-state index contributed by atoms with van der Waals surface area (Å²) >= 11 is 3.60. The van der Waals surface area contributed by atoms with Gasteiger partial charge in [0, 0.05) is 5.56 Å². The second-order valence-electron chi connectivity index (χ2n) is 10.3. The summed E-state index contributed by atoms with van der Waals surface area (Å²) in [5.41, 5.74) is 2.81. The molecule has 0 heterocycles. The minimum Gasteiger partial charge on any atom is -0.543 e. The first-order valence-corrected chi connectivity index (χ1v) is 13.6. The Labute approximate surface area is 180 Å². The van der Waals surface area contributed by atoms with E-state index in [1.54, 1.807) is 7.11 Å². The molecule has 0 aliphatic heterocycles. The molecule has 1 aromatic carbocycles. The molecule has 0 N–H and O–H groups in total. The largest absolute Gasteiger partial charge is 0.543 e. The Morgan fingerprint density at radius 2 is 1.71 bits per heavy atom. The molecule has 5 heteroatoms. The molecule has 0 fully saturated rings. The van der Waals surface area contributed by atoms with Gasteiger partial charge in [0.2, 0.25) is 8.32 Å². The lowest BCUT2D eigenvalue weighted by molar-refractivity contribution is -0.120. The number of carbonyl (C=O) groups is 1. The molecule has 0 aromatic heterocycles. The molecule has 0 saturated carbocycles. The van der Waals surface area contributed by atoms with E-state index in [9.17, 15) is 4.79 Å². The van der Waals surface area contributed by atoms with Gasteiger partial charge in [-0.3, -0.25) is 4.79 Å². The fourth-order valence-electron chi connectivity index (χ4n) is 3.71. The first-order chi connectivity index (χ1) is 12.6. The fourth-order valence-corrected chi connectivity index (χ4v) is 5.23. The minimum absolute atomic E-state index is 0.0647. The maximum Gasteiger partial charge on any atom is 0.250 e. The van der Waals surface area contributed by atoms with E-state index < -0.39 is 8.32 Å². The van der Waals surface area contributed by atoms with Crippen molar-refractivity contribution in [3.05, 3.63) is 33.3 Å². The zero-order valence-corrected chi connectivity index (χ0v) is 21.6. The second kappa shape index (κ2) is 7.64. The molecule has 0 bridgehead atoms. The summed E-state index contributed by atoms with van der Waals surface area (Å²) in [6, 6.07) is 3.98. The number of ether oxygens (including phenoxy) is 1. The molecule has 0 saturated heterocycles. The van der Waals surface area contributed by atoms with Crippen molar-refractivity contribution < 1.29 is 14.0 Å². The van der Waals surface area contributed by atoms with Gasteiger partial charge in [-0.25, -0.2) is 0 Å². The van der Waals surface area contributed by atoms with Crippen LogP contribution in [0.3, 0.4) is 0 Å². The summed E-state index contributed by atoms with van der Waals surface area (Å²) in [5, 5.41) is 0.0647. The van der Waals surface area contributed by atoms with Crippen LogP contribution in [0.4, 0.5) is 0 Å². The Balaban J connectivity index is 2.70. The Hall–Kier alpha value is -1.07. The molecule has 0 radical (unpaired) electrons. The Morgan fingerprint density at radius 1 is 1.14 bits per heavy atom. The molecule has 1 aliphatic rings. The molecular weight excluding hydrogens is 432 g/mol. The number of ketones is 1. The molecular formula is C23H35BrO3Si. The Bertz CT molecular complexity index is 816. The molecule has 156 valence electrons. The van der Waals surface area contributed by atoms with Gasteiger partial charge in [0.15, 0.2) is 5.78 Å². The van der Waals surface area contributed by atoms with Gasteiger partial charge in [-0.1, -0.05) is 40.2 Å². The molecule has 3 nitrogen and oxygen atoms in total. The van der Waals surface area contributed by atoms with Crippen LogP contribution in [0.25, 0.3) is 0 Å². The number of allylic oxidation sites excluding steroid dienone is 2. The third-order valence-electron chi connectivity index (χ3n) is 6.54. The normalized spacial score (nSPS) is 20.4. The number of rotatable bonds is 4. The van der Waals surface area contributed by atoms with Gasteiger partial charge in [-0.2, -0.15) is 0 Å². The van der Waals surface area contributed by atoms with Crippen molar-refractivity contribution >= 4 is 30.0 Å². The van der Waals surface area contributed by atoms with E-state index >= 15 is 0 Å². The van der Waals surface area contributed by atoms with Crippen molar-refractivity contribution in [2.45, 2.75) is 78.9 Å². The van der Waals surface area contributed by atoms with Crippen molar-refractivity contribution in [3.63, 3.8) is 0 Å². The van der Waals surface area contributed by atoms with Crippen LogP contribution in [0.5, 0.6) is 11.5 Å². The average Bonchev–Trinajstić information content (AvgIpc) is 2.52. The molecule has 1 aliphatic carbocycles. The van der Waals surface area contributed by atoms with E-state index in [4.69, 9.17) is 9.16 Å². The van der Waals surface area contributed by atoms with Gasteiger partial charge in [-0.05, 0) is 77.5 Å². The smallest absolute Gasteiger partial charge is 0.250 e. The summed E-state index contributed by atoms with van der Waals surface area (Å²) in [6.45, 7) is 19.5. The van der Waals surface area contributed by atoms with Crippen LogP contribution in [0.2, 0.25) is 18.1 Å². The zero-order valence-electron chi connectivity index (χ0n) is 19.0. The first kappa shape index (κ1) is 23.2. The highest BCUT2D eigenvalue weighted by Gasteiger charge is 2.45. The fraction of sp³-hybridized carbons (Fsp3) is 0.609. The van der Waals surface area contributed by atoms with E-state index in [1.165, 1.54) is 5.57 Å². The third kappa shape index (κ3) is 4.25. The predicted octanol–water partition coefficient (Wildman–Crippen LogP) is 7.26. The van der Waals surface area contributed by atoms with Gasteiger partial charge in [0.05, 0.1) is 17.5 Å². The maximum atomic E-state index is 13.4. The predicted molar refractivity (Wildman–Crippen MR) is 123 cm³/mol. The first-order valence-electron chi connectivity index (χ1n) is 9.89. The van der Waals surface area contributed by atoms with Crippen LogP contribution >= 0.6 is 15.9 Å². The number of hydrogen-bond acceptors (Lipinski definition) is 3. The topological polar surface area (TPSA) is 35.5 Å². The van der Waals surface area contributed by atoms with Crippen LogP contribution in [-0.2, 0) is 4.79 Å². The maximum absolute atomic E-state index is 13.4. The van der Waals surface area contributed by atoms with Crippen molar-refractivity contribution in [1.29, 1.82) is 0 Å². The summed E-state index contributed by atoms with van der Waals surface area (Å²) in [5.74, 6) is 1.47. The quantitative estimate of drug-likeness (QED) is 0.437. The van der Waals surface area contributed by atoms with Crippen molar-refractivity contribution in [1.82, 2.24) is 0 Å². The number of methoxy groups -OCH3 is 1. The van der Waals surface area contributed by atoms with Gasteiger partial charge in [0.25, 0.3) is 0 Å². The standard InChI is InChI=1S/C23H35BrO3Si/c1-14-13-23(6,7)20(21(25)15(14)2)16-11-19(26-8)17(24)12-18(16)27-28(9,10)22(3,4)5/h11-12,20H,13H2,1-10H3. The highest BCUT2D eigenvalue weighted by Crippen LogP contribution is 2.51. The van der Waals surface area contributed by atoms with Crippen LogP contribution < -0.4 is 9.16 Å². The van der Waals surface area contributed by atoms with E-state index in [0.717, 1.165) is 33.5 Å². The molecule has 0 spiro atoms. The molecule has 1 aromatic rings. The number of benzene rings is 1. The zero-order chi connectivity index (χ0) is 21.7. The average molecular weight is 468 g/mol. The monoisotopic (exact) mass is 466 g/mol. The SMILES string of the molecule is COc1cc(C2C(=O)C(C)=C(C)CC2(C)C)c(O[Si](C)(C)C(C)(C)C)cc1Br. The lowest BCUT2D eigenvalue weighted by Crippen LogP contribution is -2.44. The summed E-state index contributed by atoms with van der Waals surface area (Å²) in [6.07, 6.45) is 0.896. The number of Topliss-reactive ketones (excluding diaryl/α,β-unsaturated/α-hetero) is 1. The number of halogens is 1. The minimum atomic E-state index is -2.08. The molecule has 1 atom stereocenters. The van der Waals surface area contributed by atoms with Crippen LogP contribution in [0.1, 0.15) is 66.4 Å². The Morgan fingerprint density at radius 3 is 2.21 bits per heavy atom.